The molecule has 1 aromatic rings. The summed E-state index contributed by atoms with van der Waals surface area (Å²) in [4.78, 5) is 12.7. The van der Waals surface area contributed by atoms with Crippen molar-refractivity contribution in [3.63, 3.8) is 0 Å². The van der Waals surface area contributed by atoms with E-state index in [1.54, 1.807) is 0 Å². The second kappa shape index (κ2) is 5.61. The SMILES string of the molecule is O=[N+]([O-])c1cc(Cl)c(Cl)cc1N1CCCC2(C1)OCCO2. The highest BCUT2D eigenvalue weighted by Gasteiger charge is 2.42. The van der Waals surface area contributed by atoms with Crippen LogP contribution < -0.4 is 4.90 Å². The van der Waals surface area contributed by atoms with Gasteiger partial charge in [-0.3, -0.25) is 10.1 Å². The van der Waals surface area contributed by atoms with Crippen LogP contribution in [0.25, 0.3) is 0 Å². The smallest absolute Gasteiger partial charge is 0.294 e. The van der Waals surface area contributed by atoms with Gasteiger partial charge in [0.25, 0.3) is 5.69 Å². The number of ether oxygens (including phenoxy) is 2. The van der Waals surface area contributed by atoms with Gasteiger partial charge in [-0.1, -0.05) is 23.2 Å². The fourth-order valence-corrected chi connectivity index (χ4v) is 3.17. The lowest BCUT2D eigenvalue weighted by molar-refractivity contribution is -0.384. The van der Waals surface area contributed by atoms with Crippen LogP contribution in [0.4, 0.5) is 11.4 Å². The standard InChI is InChI=1S/C13H14Cl2N2O4/c14-9-6-11(12(17(18)19)7-10(9)15)16-3-1-2-13(8-16)20-4-5-21-13/h6-7H,1-5,8H2. The molecule has 2 saturated heterocycles. The zero-order valence-electron chi connectivity index (χ0n) is 11.2. The minimum Gasteiger partial charge on any atom is -0.361 e. The van der Waals surface area contributed by atoms with Crippen LogP contribution in [0.3, 0.4) is 0 Å². The Kier molecular flexibility index (Phi) is 3.96. The van der Waals surface area contributed by atoms with Gasteiger partial charge in [-0.25, -0.2) is 0 Å². The van der Waals surface area contributed by atoms with Crippen molar-refractivity contribution in [2.24, 2.45) is 0 Å². The van der Waals surface area contributed by atoms with E-state index in [4.69, 9.17) is 32.7 Å². The van der Waals surface area contributed by atoms with Gasteiger partial charge >= 0.3 is 0 Å². The first-order chi connectivity index (χ1) is 10.0. The molecule has 6 nitrogen and oxygen atoms in total. The Balaban J connectivity index is 1.95. The molecule has 21 heavy (non-hydrogen) atoms. The number of piperidine rings is 1. The summed E-state index contributed by atoms with van der Waals surface area (Å²) >= 11 is 11.9. The molecule has 2 aliphatic heterocycles. The number of halogens is 2. The van der Waals surface area contributed by atoms with Crippen molar-refractivity contribution < 1.29 is 14.4 Å². The summed E-state index contributed by atoms with van der Waals surface area (Å²) in [5, 5.41) is 11.7. The molecular formula is C13H14Cl2N2O4. The van der Waals surface area contributed by atoms with Gasteiger partial charge < -0.3 is 14.4 Å². The molecule has 0 amide bonds. The van der Waals surface area contributed by atoms with Crippen molar-refractivity contribution in [2.75, 3.05) is 31.2 Å². The molecule has 0 atom stereocenters. The number of hydrogen-bond acceptors (Lipinski definition) is 5. The van der Waals surface area contributed by atoms with Gasteiger partial charge in [0.05, 0.1) is 34.7 Å². The fraction of sp³-hybridized carbons (Fsp3) is 0.538. The van der Waals surface area contributed by atoms with Crippen LogP contribution in [-0.2, 0) is 9.47 Å². The summed E-state index contributed by atoms with van der Waals surface area (Å²) in [6.07, 6.45) is 1.62. The molecule has 0 radical (unpaired) electrons. The van der Waals surface area contributed by atoms with Gasteiger partial charge in [-0.05, 0) is 12.5 Å². The summed E-state index contributed by atoms with van der Waals surface area (Å²) in [7, 11) is 0. The van der Waals surface area contributed by atoms with Gasteiger partial charge in [-0.15, -0.1) is 0 Å². The summed E-state index contributed by atoms with van der Waals surface area (Å²) in [6, 6.07) is 2.83. The minimum absolute atomic E-state index is 0.0561. The molecule has 0 aliphatic carbocycles. The van der Waals surface area contributed by atoms with Gasteiger partial charge in [0.2, 0.25) is 0 Å². The predicted octanol–water partition coefficient (Wildman–Crippen LogP) is 3.24. The number of benzene rings is 1. The Hall–Kier alpha value is -1.08. The molecule has 0 N–H and O–H groups in total. The van der Waals surface area contributed by atoms with Crippen molar-refractivity contribution in [3.05, 3.63) is 32.3 Å². The first-order valence-electron chi connectivity index (χ1n) is 6.67. The maximum absolute atomic E-state index is 11.3. The maximum atomic E-state index is 11.3. The van der Waals surface area contributed by atoms with Gasteiger partial charge in [0.15, 0.2) is 5.79 Å². The molecule has 114 valence electrons. The van der Waals surface area contributed by atoms with E-state index >= 15 is 0 Å². The molecular weight excluding hydrogens is 319 g/mol. The second-order valence-electron chi connectivity index (χ2n) is 5.14. The number of anilines is 1. The number of nitro benzene ring substituents is 1. The fourth-order valence-electron chi connectivity index (χ4n) is 2.85. The number of nitrogens with zero attached hydrogens (tertiary/aromatic N) is 2. The molecule has 8 heteroatoms. The van der Waals surface area contributed by atoms with Crippen LogP contribution in [0.2, 0.25) is 10.0 Å². The molecule has 3 rings (SSSR count). The minimum atomic E-state index is -0.655. The third-order valence-corrected chi connectivity index (χ3v) is 4.51. The Labute approximate surface area is 131 Å². The number of hydrogen-bond donors (Lipinski definition) is 0. The number of nitro groups is 1. The van der Waals surface area contributed by atoms with Crippen LogP contribution in [0.1, 0.15) is 12.8 Å². The largest absolute Gasteiger partial charge is 0.361 e. The Morgan fingerprint density at radius 2 is 1.90 bits per heavy atom. The Bertz CT molecular complexity index is 576. The molecule has 1 spiro atoms. The quantitative estimate of drug-likeness (QED) is 0.614. The van der Waals surface area contributed by atoms with E-state index in [1.165, 1.54) is 12.1 Å². The Morgan fingerprint density at radius 3 is 2.57 bits per heavy atom. The molecule has 1 aromatic carbocycles. The molecule has 0 bridgehead atoms. The Morgan fingerprint density at radius 1 is 1.24 bits per heavy atom. The van der Waals surface area contributed by atoms with Crippen molar-refractivity contribution in [1.29, 1.82) is 0 Å². The van der Waals surface area contributed by atoms with E-state index in [-0.39, 0.29) is 10.7 Å². The lowest BCUT2D eigenvalue weighted by Gasteiger charge is -2.39. The van der Waals surface area contributed by atoms with E-state index in [2.05, 4.69) is 0 Å². The average molecular weight is 333 g/mol. The van der Waals surface area contributed by atoms with Crippen molar-refractivity contribution >= 4 is 34.6 Å². The second-order valence-corrected chi connectivity index (χ2v) is 5.96. The summed E-state index contributed by atoms with van der Waals surface area (Å²) in [5.74, 6) is -0.655. The van der Waals surface area contributed by atoms with E-state index in [1.807, 2.05) is 4.90 Å². The lowest BCUT2D eigenvalue weighted by Crippen LogP contribution is -2.49. The predicted molar refractivity (Wildman–Crippen MR) is 79.2 cm³/mol. The van der Waals surface area contributed by atoms with Gasteiger partial charge in [0.1, 0.15) is 5.69 Å². The molecule has 0 saturated carbocycles. The van der Waals surface area contributed by atoms with E-state index in [9.17, 15) is 10.1 Å². The molecule has 2 aliphatic rings. The van der Waals surface area contributed by atoms with E-state index in [0.29, 0.717) is 37.0 Å². The summed E-state index contributed by atoms with van der Waals surface area (Å²) < 4.78 is 11.4. The van der Waals surface area contributed by atoms with Crippen LogP contribution in [0.5, 0.6) is 0 Å². The normalized spacial score (nSPS) is 21.0. The third kappa shape index (κ3) is 2.81. The number of rotatable bonds is 2. The molecule has 2 fully saturated rings. The first-order valence-corrected chi connectivity index (χ1v) is 7.43. The zero-order chi connectivity index (χ0) is 15.0. The summed E-state index contributed by atoms with van der Waals surface area (Å²) in [5.41, 5.74) is 0.395. The lowest BCUT2D eigenvalue weighted by atomic mass is 10.0. The topological polar surface area (TPSA) is 64.8 Å². The van der Waals surface area contributed by atoms with Gasteiger partial charge in [0, 0.05) is 19.0 Å². The highest BCUT2D eigenvalue weighted by molar-refractivity contribution is 6.42. The molecule has 0 unspecified atom stereocenters. The molecule has 2 heterocycles. The van der Waals surface area contributed by atoms with Crippen LogP contribution in [0.15, 0.2) is 12.1 Å². The zero-order valence-corrected chi connectivity index (χ0v) is 12.7. The van der Waals surface area contributed by atoms with Crippen molar-refractivity contribution in [1.82, 2.24) is 0 Å². The van der Waals surface area contributed by atoms with E-state index < -0.39 is 10.7 Å². The van der Waals surface area contributed by atoms with Crippen LogP contribution >= 0.6 is 23.2 Å². The summed E-state index contributed by atoms with van der Waals surface area (Å²) in [6.45, 7) is 2.24. The van der Waals surface area contributed by atoms with Gasteiger partial charge in [-0.2, -0.15) is 0 Å². The third-order valence-electron chi connectivity index (χ3n) is 3.79. The highest BCUT2D eigenvalue weighted by atomic mass is 35.5. The maximum Gasteiger partial charge on any atom is 0.294 e. The highest BCUT2D eigenvalue weighted by Crippen LogP contribution is 2.40. The van der Waals surface area contributed by atoms with Crippen LogP contribution in [0, 0.1) is 10.1 Å². The average Bonchev–Trinajstić information content (AvgIpc) is 2.89. The monoisotopic (exact) mass is 332 g/mol. The first kappa shape index (κ1) is 14.8. The van der Waals surface area contributed by atoms with Crippen LogP contribution in [-0.4, -0.2) is 37.0 Å². The van der Waals surface area contributed by atoms with Crippen molar-refractivity contribution in [3.8, 4) is 0 Å². The van der Waals surface area contributed by atoms with E-state index in [0.717, 1.165) is 12.8 Å². The molecule has 0 aromatic heterocycles. The van der Waals surface area contributed by atoms with Crippen molar-refractivity contribution in [2.45, 2.75) is 18.6 Å².